The van der Waals surface area contributed by atoms with Crippen LogP contribution in [-0.4, -0.2) is 17.3 Å². The van der Waals surface area contributed by atoms with Crippen LogP contribution < -0.4 is 0 Å². The number of rotatable bonds is 5. The first kappa shape index (κ1) is 22.2. The van der Waals surface area contributed by atoms with E-state index < -0.39 is 17.7 Å². The van der Waals surface area contributed by atoms with E-state index >= 15 is 0 Å². The molecule has 1 fully saturated rings. The highest BCUT2D eigenvalue weighted by Crippen LogP contribution is 2.37. The van der Waals surface area contributed by atoms with E-state index in [-0.39, 0.29) is 30.3 Å². The zero-order chi connectivity index (χ0) is 21.2. The Kier molecular flexibility index (Phi) is 6.97. The molecule has 0 aliphatic heterocycles. The van der Waals surface area contributed by atoms with Gasteiger partial charge < -0.3 is 0 Å². The van der Waals surface area contributed by atoms with Crippen molar-refractivity contribution in [2.45, 2.75) is 36.3 Å². The minimum Gasteiger partial charge on any atom is -0.299 e. The van der Waals surface area contributed by atoms with Crippen LogP contribution in [0.1, 0.15) is 36.3 Å². The molecule has 0 aromatic heterocycles. The van der Waals surface area contributed by atoms with Gasteiger partial charge in [0.15, 0.2) is 0 Å². The van der Waals surface area contributed by atoms with E-state index in [2.05, 4.69) is 0 Å². The van der Waals surface area contributed by atoms with Crippen LogP contribution in [0.3, 0.4) is 0 Å². The van der Waals surface area contributed by atoms with Crippen molar-refractivity contribution in [1.82, 2.24) is 0 Å². The number of benzene rings is 2. The van der Waals surface area contributed by atoms with Crippen molar-refractivity contribution in [3.63, 3.8) is 0 Å². The summed E-state index contributed by atoms with van der Waals surface area (Å²) in [5.41, 5.74) is -0.194. The topological polar surface area (TPSA) is 34.1 Å². The number of carbonyl (C=O) groups is 2. The van der Waals surface area contributed by atoms with E-state index in [4.69, 9.17) is 23.2 Å². The van der Waals surface area contributed by atoms with Crippen LogP contribution in [-0.2, 0) is 15.8 Å². The Bertz CT molecular complexity index is 895. The lowest BCUT2D eigenvalue weighted by Crippen LogP contribution is -2.32. The van der Waals surface area contributed by atoms with Crippen LogP contribution in [0.25, 0.3) is 0 Å². The van der Waals surface area contributed by atoms with Crippen molar-refractivity contribution in [1.29, 1.82) is 0 Å². The molecule has 0 unspecified atom stereocenters. The maximum absolute atomic E-state index is 12.6. The average Bonchev–Trinajstić information content (AvgIpc) is 2.62. The highest BCUT2D eigenvalue weighted by molar-refractivity contribution is 7.99. The molecule has 0 bridgehead atoms. The molecular formula is C21H17Cl2F3O2S. The predicted octanol–water partition coefficient (Wildman–Crippen LogP) is 6.83. The number of hydrogen-bond donors (Lipinski definition) is 0. The first-order valence-electron chi connectivity index (χ1n) is 8.95. The van der Waals surface area contributed by atoms with E-state index in [9.17, 15) is 22.8 Å². The van der Waals surface area contributed by atoms with E-state index in [1.54, 1.807) is 12.1 Å². The van der Waals surface area contributed by atoms with Crippen LogP contribution in [0.5, 0.6) is 0 Å². The number of hydrogen-bond acceptors (Lipinski definition) is 3. The van der Waals surface area contributed by atoms with Gasteiger partial charge in [-0.25, -0.2) is 0 Å². The highest BCUT2D eigenvalue weighted by Gasteiger charge is 2.37. The summed E-state index contributed by atoms with van der Waals surface area (Å²) in [6.45, 7) is 0. The van der Waals surface area contributed by atoms with Gasteiger partial charge in [-0.1, -0.05) is 29.3 Å². The van der Waals surface area contributed by atoms with E-state index in [0.29, 0.717) is 27.8 Å². The molecule has 0 amide bonds. The molecule has 2 aromatic rings. The van der Waals surface area contributed by atoms with Crippen molar-refractivity contribution >= 4 is 46.5 Å². The first-order chi connectivity index (χ1) is 13.6. The first-order valence-corrected chi connectivity index (χ1v) is 10.7. The largest absolute Gasteiger partial charge is 0.416 e. The molecule has 0 heterocycles. The number of halogens is 5. The summed E-state index contributed by atoms with van der Waals surface area (Å²) in [6, 6.07) is 9.72. The summed E-state index contributed by atoms with van der Waals surface area (Å²) in [4.78, 5) is 25.9. The number of thioether (sulfide) groups is 1. The average molecular weight is 461 g/mol. The normalized spacial score (nSPS) is 20.2. The maximum atomic E-state index is 12.6. The molecule has 0 spiro atoms. The van der Waals surface area contributed by atoms with Gasteiger partial charge in [0.1, 0.15) is 17.5 Å². The Hall–Kier alpha value is -1.50. The summed E-state index contributed by atoms with van der Waals surface area (Å²) in [6.07, 6.45) is -3.16. The molecule has 2 nitrogen and oxygen atoms in total. The SMILES string of the molecule is O=C1CC(CCSc2ccc(C(F)(F)F)cc2)CC(=O)C1c1ccc(Cl)cc1Cl. The van der Waals surface area contributed by atoms with Crippen molar-refractivity contribution in [2.75, 3.05) is 5.75 Å². The van der Waals surface area contributed by atoms with Gasteiger partial charge in [0, 0.05) is 27.8 Å². The molecule has 154 valence electrons. The Morgan fingerprint density at radius 2 is 1.59 bits per heavy atom. The van der Waals surface area contributed by atoms with Gasteiger partial charge in [0.2, 0.25) is 0 Å². The fraction of sp³-hybridized carbons (Fsp3) is 0.333. The van der Waals surface area contributed by atoms with E-state index in [1.807, 2.05) is 0 Å². The van der Waals surface area contributed by atoms with Gasteiger partial charge >= 0.3 is 6.18 Å². The van der Waals surface area contributed by atoms with Crippen molar-refractivity contribution in [3.8, 4) is 0 Å². The summed E-state index contributed by atoms with van der Waals surface area (Å²) >= 11 is 13.4. The van der Waals surface area contributed by atoms with Gasteiger partial charge in [-0.3, -0.25) is 9.59 Å². The Morgan fingerprint density at radius 3 is 2.14 bits per heavy atom. The number of carbonyl (C=O) groups excluding carboxylic acids is 2. The second-order valence-electron chi connectivity index (χ2n) is 6.97. The monoisotopic (exact) mass is 460 g/mol. The van der Waals surface area contributed by atoms with Gasteiger partial charge in [-0.2, -0.15) is 13.2 Å². The molecule has 3 rings (SSSR count). The number of Topliss-reactive ketones (excluding diaryl/α,β-unsaturated/α-hetero) is 2. The molecule has 1 saturated carbocycles. The molecular weight excluding hydrogens is 444 g/mol. The molecule has 2 aromatic carbocycles. The molecule has 0 atom stereocenters. The standard InChI is InChI=1S/C21H17Cl2F3O2S/c22-14-3-6-16(17(23)11-14)20-18(27)9-12(10-19(20)28)7-8-29-15-4-1-13(2-5-15)21(24,25)26/h1-6,11-12,20H,7-10H2. The van der Waals surface area contributed by atoms with Crippen LogP contribution in [0.15, 0.2) is 47.4 Å². The van der Waals surface area contributed by atoms with Gasteiger partial charge in [0.05, 0.1) is 5.56 Å². The predicted molar refractivity (Wildman–Crippen MR) is 109 cm³/mol. The third-order valence-corrected chi connectivity index (χ3v) is 6.48. The Labute approximate surface area is 180 Å². The maximum Gasteiger partial charge on any atom is 0.416 e. The summed E-state index contributed by atoms with van der Waals surface area (Å²) in [5.74, 6) is -0.619. The molecule has 0 N–H and O–H groups in total. The molecule has 1 aliphatic carbocycles. The number of ketones is 2. The highest BCUT2D eigenvalue weighted by atomic mass is 35.5. The third kappa shape index (κ3) is 5.56. The lowest BCUT2D eigenvalue weighted by Gasteiger charge is -2.27. The van der Waals surface area contributed by atoms with Crippen LogP contribution in [0.4, 0.5) is 13.2 Å². The minimum atomic E-state index is -4.35. The van der Waals surface area contributed by atoms with Crippen molar-refractivity contribution in [2.24, 2.45) is 5.92 Å². The second kappa shape index (κ2) is 9.11. The third-order valence-electron chi connectivity index (χ3n) is 4.87. The lowest BCUT2D eigenvalue weighted by molar-refractivity contribution is -0.137. The van der Waals surface area contributed by atoms with E-state index in [1.165, 1.54) is 30.0 Å². The second-order valence-corrected chi connectivity index (χ2v) is 8.98. The molecule has 0 radical (unpaired) electrons. The summed E-state index contributed by atoms with van der Waals surface area (Å²) in [5, 5.41) is 0.744. The summed E-state index contributed by atoms with van der Waals surface area (Å²) < 4.78 is 37.8. The molecule has 0 saturated heterocycles. The van der Waals surface area contributed by atoms with E-state index in [0.717, 1.165) is 17.0 Å². The Morgan fingerprint density at radius 1 is 0.966 bits per heavy atom. The minimum absolute atomic E-state index is 0.0701. The van der Waals surface area contributed by atoms with Gasteiger partial charge in [0.25, 0.3) is 0 Å². The zero-order valence-corrected chi connectivity index (χ0v) is 17.5. The fourth-order valence-corrected chi connectivity index (χ4v) is 4.96. The van der Waals surface area contributed by atoms with Crippen LogP contribution in [0.2, 0.25) is 10.0 Å². The molecule has 8 heteroatoms. The van der Waals surface area contributed by atoms with Crippen molar-refractivity contribution in [3.05, 3.63) is 63.6 Å². The summed E-state index contributed by atoms with van der Waals surface area (Å²) in [7, 11) is 0. The number of alkyl halides is 3. The smallest absolute Gasteiger partial charge is 0.299 e. The fourth-order valence-electron chi connectivity index (χ4n) is 3.43. The van der Waals surface area contributed by atoms with Crippen molar-refractivity contribution < 1.29 is 22.8 Å². The van der Waals surface area contributed by atoms with Gasteiger partial charge in [-0.05, 0) is 60.1 Å². The Balaban J connectivity index is 1.55. The lowest BCUT2D eigenvalue weighted by atomic mass is 9.76. The molecule has 29 heavy (non-hydrogen) atoms. The zero-order valence-electron chi connectivity index (χ0n) is 15.1. The molecule has 1 aliphatic rings. The quantitative estimate of drug-likeness (QED) is 0.362. The van der Waals surface area contributed by atoms with Gasteiger partial charge in [-0.15, -0.1) is 11.8 Å². The van der Waals surface area contributed by atoms with Crippen LogP contribution >= 0.6 is 35.0 Å². The van der Waals surface area contributed by atoms with Crippen LogP contribution in [0, 0.1) is 5.92 Å².